The second kappa shape index (κ2) is 7.54. The van der Waals surface area contributed by atoms with Gasteiger partial charge in [0.2, 0.25) is 0 Å². The second-order valence-electron chi connectivity index (χ2n) is 5.55. The summed E-state index contributed by atoms with van der Waals surface area (Å²) in [5.41, 5.74) is 6.93. The average Bonchev–Trinajstić information content (AvgIpc) is 2.99. The van der Waals surface area contributed by atoms with Gasteiger partial charge >= 0.3 is 0 Å². The van der Waals surface area contributed by atoms with Crippen LogP contribution >= 0.6 is 0 Å². The van der Waals surface area contributed by atoms with Crippen molar-refractivity contribution >= 4 is 11.6 Å². The van der Waals surface area contributed by atoms with Crippen LogP contribution in [-0.2, 0) is 6.54 Å². The summed E-state index contributed by atoms with van der Waals surface area (Å²) in [7, 11) is 0. The van der Waals surface area contributed by atoms with Crippen LogP contribution in [0.25, 0.3) is 0 Å². The fourth-order valence-corrected chi connectivity index (χ4v) is 1.89. The summed E-state index contributed by atoms with van der Waals surface area (Å²) in [4.78, 5) is 12.1. The van der Waals surface area contributed by atoms with Crippen LogP contribution in [0.4, 0.5) is 5.69 Å². The molecule has 2 aromatic rings. The maximum absolute atomic E-state index is 12.1. The molecule has 1 aromatic heterocycles. The molecule has 0 unspecified atom stereocenters. The Morgan fingerprint density at radius 1 is 1.36 bits per heavy atom. The minimum atomic E-state index is -0.190. The highest BCUT2D eigenvalue weighted by atomic mass is 16.5. The maximum Gasteiger partial charge on any atom is 0.251 e. The Balaban J connectivity index is 1.96. The second-order valence-corrected chi connectivity index (χ2v) is 5.55. The molecule has 22 heavy (non-hydrogen) atoms. The monoisotopic (exact) mass is 302 g/mol. The molecule has 0 atom stereocenters. The van der Waals surface area contributed by atoms with Crippen molar-refractivity contribution in [2.24, 2.45) is 5.92 Å². The SMILES string of the molecule is CC(C)CCOc1cc(C(=O)NCc2ccco2)ccc1N. The highest BCUT2D eigenvalue weighted by Crippen LogP contribution is 2.23. The van der Waals surface area contributed by atoms with Crippen LogP contribution in [-0.4, -0.2) is 12.5 Å². The smallest absolute Gasteiger partial charge is 0.251 e. The molecule has 0 saturated heterocycles. The predicted octanol–water partition coefficient (Wildman–Crippen LogP) is 3.22. The van der Waals surface area contributed by atoms with Crippen molar-refractivity contribution in [3.63, 3.8) is 0 Å². The molecule has 0 spiro atoms. The van der Waals surface area contributed by atoms with E-state index in [1.807, 2.05) is 6.07 Å². The number of carbonyl (C=O) groups excluding carboxylic acids is 1. The van der Waals surface area contributed by atoms with Crippen molar-refractivity contribution in [3.8, 4) is 5.75 Å². The lowest BCUT2D eigenvalue weighted by atomic mass is 10.1. The topological polar surface area (TPSA) is 77.5 Å². The molecule has 5 heteroatoms. The molecule has 0 aliphatic carbocycles. The van der Waals surface area contributed by atoms with Crippen LogP contribution in [0.5, 0.6) is 5.75 Å². The number of nitrogens with one attached hydrogen (secondary N) is 1. The van der Waals surface area contributed by atoms with Gasteiger partial charge in [0.1, 0.15) is 11.5 Å². The van der Waals surface area contributed by atoms with E-state index in [0.29, 0.717) is 41.8 Å². The van der Waals surface area contributed by atoms with Crippen molar-refractivity contribution in [3.05, 3.63) is 47.9 Å². The minimum absolute atomic E-state index is 0.190. The van der Waals surface area contributed by atoms with Gasteiger partial charge in [-0.2, -0.15) is 0 Å². The molecule has 3 N–H and O–H groups in total. The van der Waals surface area contributed by atoms with Gasteiger partial charge in [-0.1, -0.05) is 13.8 Å². The number of anilines is 1. The highest BCUT2D eigenvalue weighted by molar-refractivity contribution is 5.95. The largest absolute Gasteiger partial charge is 0.491 e. The number of nitrogens with two attached hydrogens (primary N) is 1. The average molecular weight is 302 g/mol. The molecule has 1 amide bonds. The van der Waals surface area contributed by atoms with Gasteiger partial charge < -0.3 is 20.2 Å². The number of rotatable bonds is 7. The number of benzene rings is 1. The Kier molecular flexibility index (Phi) is 5.47. The van der Waals surface area contributed by atoms with E-state index in [0.717, 1.165) is 6.42 Å². The molecular formula is C17H22N2O3. The van der Waals surface area contributed by atoms with E-state index in [9.17, 15) is 4.79 Å². The van der Waals surface area contributed by atoms with Crippen molar-refractivity contribution in [2.75, 3.05) is 12.3 Å². The Morgan fingerprint density at radius 3 is 2.86 bits per heavy atom. The van der Waals surface area contributed by atoms with E-state index in [2.05, 4.69) is 19.2 Å². The van der Waals surface area contributed by atoms with Crippen LogP contribution in [0.3, 0.4) is 0 Å². The third kappa shape index (κ3) is 4.55. The number of hydrogen-bond donors (Lipinski definition) is 2. The molecule has 0 fully saturated rings. The molecule has 1 aromatic carbocycles. The zero-order valence-corrected chi connectivity index (χ0v) is 13.0. The van der Waals surface area contributed by atoms with Crippen molar-refractivity contribution in [2.45, 2.75) is 26.8 Å². The number of carbonyl (C=O) groups is 1. The van der Waals surface area contributed by atoms with Crippen LogP contribution < -0.4 is 15.8 Å². The zero-order valence-electron chi connectivity index (χ0n) is 13.0. The first-order valence-electron chi connectivity index (χ1n) is 7.39. The molecule has 1 heterocycles. The van der Waals surface area contributed by atoms with Crippen molar-refractivity contribution < 1.29 is 13.9 Å². The third-order valence-electron chi connectivity index (χ3n) is 3.23. The highest BCUT2D eigenvalue weighted by Gasteiger charge is 2.10. The zero-order chi connectivity index (χ0) is 15.9. The lowest BCUT2D eigenvalue weighted by Crippen LogP contribution is -2.22. The van der Waals surface area contributed by atoms with Crippen molar-refractivity contribution in [1.82, 2.24) is 5.32 Å². The number of nitrogen functional groups attached to an aromatic ring is 1. The molecule has 118 valence electrons. The quantitative estimate of drug-likeness (QED) is 0.770. The van der Waals surface area contributed by atoms with Crippen LogP contribution in [0.2, 0.25) is 0 Å². The summed E-state index contributed by atoms with van der Waals surface area (Å²) in [6.07, 6.45) is 2.51. The predicted molar refractivity (Wildman–Crippen MR) is 85.7 cm³/mol. The van der Waals surface area contributed by atoms with Gasteiger partial charge in [-0.25, -0.2) is 0 Å². The summed E-state index contributed by atoms with van der Waals surface area (Å²) in [5, 5.41) is 2.79. The first kappa shape index (κ1) is 15.9. The Hall–Kier alpha value is -2.43. The van der Waals surface area contributed by atoms with Crippen LogP contribution in [0.1, 0.15) is 36.4 Å². The van der Waals surface area contributed by atoms with Gasteiger partial charge in [0.25, 0.3) is 5.91 Å². The van der Waals surface area contributed by atoms with E-state index in [-0.39, 0.29) is 5.91 Å². The molecule has 0 aliphatic rings. The number of furan rings is 1. The van der Waals surface area contributed by atoms with Gasteiger partial charge in [-0.15, -0.1) is 0 Å². The van der Waals surface area contributed by atoms with E-state index >= 15 is 0 Å². The summed E-state index contributed by atoms with van der Waals surface area (Å²) >= 11 is 0. The Bertz CT molecular complexity index is 606. The van der Waals surface area contributed by atoms with Crippen molar-refractivity contribution in [1.29, 1.82) is 0 Å². The molecule has 0 aliphatic heterocycles. The fraction of sp³-hybridized carbons (Fsp3) is 0.353. The van der Waals surface area contributed by atoms with E-state index in [4.69, 9.17) is 14.9 Å². The van der Waals surface area contributed by atoms with Crippen LogP contribution in [0.15, 0.2) is 41.0 Å². The van der Waals surface area contributed by atoms with Crippen LogP contribution in [0, 0.1) is 5.92 Å². The summed E-state index contributed by atoms with van der Waals surface area (Å²) in [6, 6.07) is 8.64. The molecule has 2 rings (SSSR count). The third-order valence-corrected chi connectivity index (χ3v) is 3.23. The Labute approximate surface area is 130 Å². The summed E-state index contributed by atoms with van der Waals surface area (Å²) in [6.45, 7) is 5.19. The Morgan fingerprint density at radius 2 is 2.18 bits per heavy atom. The fourth-order valence-electron chi connectivity index (χ4n) is 1.89. The number of ether oxygens (including phenoxy) is 1. The number of amides is 1. The normalized spacial score (nSPS) is 10.7. The van der Waals surface area contributed by atoms with Gasteiger partial charge in [-0.3, -0.25) is 4.79 Å². The standard InChI is InChI=1S/C17H22N2O3/c1-12(2)7-9-22-16-10-13(5-6-15(16)18)17(20)19-11-14-4-3-8-21-14/h3-6,8,10,12H,7,9,11,18H2,1-2H3,(H,19,20). The molecule has 5 nitrogen and oxygen atoms in total. The molecular weight excluding hydrogens is 280 g/mol. The van der Waals surface area contributed by atoms with Gasteiger partial charge in [0, 0.05) is 5.56 Å². The summed E-state index contributed by atoms with van der Waals surface area (Å²) in [5.74, 6) is 1.62. The first-order chi connectivity index (χ1) is 10.6. The minimum Gasteiger partial charge on any atom is -0.491 e. The summed E-state index contributed by atoms with van der Waals surface area (Å²) < 4.78 is 10.8. The van der Waals surface area contributed by atoms with Gasteiger partial charge in [0.15, 0.2) is 0 Å². The number of hydrogen-bond acceptors (Lipinski definition) is 4. The molecule has 0 bridgehead atoms. The molecule has 0 radical (unpaired) electrons. The maximum atomic E-state index is 12.1. The van der Waals surface area contributed by atoms with Gasteiger partial charge in [0.05, 0.1) is 25.1 Å². The first-order valence-corrected chi connectivity index (χ1v) is 7.39. The van der Waals surface area contributed by atoms with E-state index in [1.54, 1.807) is 30.5 Å². The van der Waals surface area contributed by atoms with Gasteiger partial charge in [-0.05, 0) is 42.7 Å². The lowest BCUT2D eigenvalue weighted by Gasteiger charge is -2.12. The van der Waals surface area contributed by atoms with E-state index in [1.165, 1.54) is 0 Å². The molecule has 0 saturated carbocycles. The van der Waals surface area contributed by atoms with E-state index < -0.39 is 0 Å². The lowest BCUT2D eigenvalue weighted by molar-refractivity contribution is 0.0947.